The van der Waals surface area contributed by atoms with E-state index >= 15 is 0 Å². The first kappa shape index (κ1) is 14.5. The van der Waals surface area contributed by atoms with Crippen LogP contribution in [0.4, 0.5) is 0 Å². The molecule has 1 saturated heterocycles. The van der Waals surface area contributed by atoms with Crippen molar-refractivity contribution < 1.29 is 4.52 Å². The van der Waals surface area contributed by atoms with Crippen LogP contribution >= 0.6 is 23.7 Å². The first-order valence-electron chi connectivity index (χ1n) is 6.07. The molecule has 0 aromatic carbocycles. The SMILES string of the molecule is CN1CCNCC1c1noc(Cc2ccsc2)n1.Cl. The van der Waals surface area contributed by atoms with Gasteiger partial charge < -0.3 is 9.84 Å². The Morgan fingerprint density at radius 1 is 1.58 bits per heavy atom. The highest BCUT2D eigenvalue weighted by Crippen LogP contribution is 2.19. The third-order valence-electron chi connectivity index (χ3n) is 3.23. The Morgan fingerprint density at radius 2 is 2.47 bits per heavy atom. The Labute approximate surface area is 122 Å². The molecule has 104 valence electrons. The third kappa shape index (κ3) is 3.33. The van der Waals surface area contributed by atoms with Crippen LogP contribution in [0.3, 0.4) is 0 Å². The van der Waals surface area contributed by atoms with E-state index in [4.69, 9.17) is 4.52 Å². The second-order valence-electron chi connectivity index (χ2n) is 4.56. The van der Waals surface area contributed by atoms with Crippen LogP contribution in [-0.2, 0) is 6.42 Å². The summed E-state index contributed by atoms with van der Waals surface area (Å²) in [6.45, 7) is 2.92. The lowest BCUT2D eigenvalue weighted by Gasteiger charge is -2.30. The smallest absolute Gasteiger partial charge is 0.231 e. The summed E-state index contributed by atoms with van der Waals surface area (Å²) in [5.41, 5.74) is 1.23. The van der Waals surface area contributed by atoms with Gasteiger partial charge in [-0.15, -0.1) is 12.4 Å². The zero-order valence-corrected chi connectivity index (χ0v) is 12.3. The molecule has 1 unspecified atom stereocenters. The molecule has 3 rings (SSSR count). The molecule has 1 atom stereocenters. The number of thiophene rings is 1. The van der Waals surface area contributed by atoms with Crippen LogP contribution in [-0.4, -0.2) is 41.7 Å². The Morgan fingerprint density at radius 3 is 3.21 bits per heavy atom. The van der Waals surface area contributed by atoms with Gasteiger partial charge in [0.05, 0.1) is 12.5 Å². The number of piperazine rings is 1. The molecular weight excluding hydrogens is 284 g/mol. The third-order valence-corrected chi connectivity index (χ3v) is 3.96. The summed E-state index contributed by atoms with van der Waals surface area (Å²) in [4.78, 5) is 6.76. The number of hydrogen-bond donors (Lipinski definition) is 1. The number of hydrogen-bond acceptors (Lipinski definition) is 6. The maximum Gasteiger partial charge on any atom is 0.231 e. The Kier molecular flexibility index (Phi) is 4.93. The van der Waals surface area contributed by atoms with Crippen molar-refractivity contribution in [3.05, 3.63) is 34.1 Å². The van der Waals surface area contributed by atoms with Crippen LogP contribution in [0.25, 0.3) is 0 Å². The molecular formula is C12H17ClN4OS. The second kappa shape index (κ2) is 6.47. The number of halogens is 1. The zero-order chi connectivity index (χ0) is 12.4. The molecule has 19 heavy (non-hydrogen) atoms. The van der Waals surface area contributed by atoms with Crippen LogP contribution in [0, 0.1) is 0 Å². The van der Waals surface area contributed by atoms with E-state index < -0.39 is 0 Å². The Balaban J connectivity index is 0.00000133. The maximum atomic E-state index is 5.33. The van der Waals surface area contributed by atoms with Crippen LogP contribution in [0.2, 0.25) is 0 Å². The van der Waals surface area contributed by atoms with Crippen LogP contribution < -0.4 is 5.32 Å². The van der Waals surface area contributed by atoms with Crippen molar-refractivity contribution in [1.29, 1.82) is 0 Å². The van der Waals surface area contributed by atoms with E-state index in [1.165, 1.54) is 5.56 Å². The van der Waals surface area contributed by atoms with E-state index in [0.717, 1.165) is 31.9 Å². The summed E-state index contributed by atoms with van der Waals surface area (Å²) < 4.78 is 5.33. The predicted octanol–water partition coefficient (Wildman–Crippen LogP) is 1.72. The van der Waals surface area contributed by atoms with Crippen molar-refractivity contribution in [2.75, 3.05) is 26.7 Å². The highest BCUT2D eigenvalue weighted by atomic mass is 35.5. The van der Waals surface area contributed by atoms with Gasteiger partial charge in [-0.3, -0.25) is 4.90 Å². The molecule has 0 spiro atoms. The lowest BCUT2D eigenvalue weighted by Crippen LogP contribution is -2.44. The molecule has 1 fully saturated rings. The first-order valence-corrected chi connectivity index (χ1v) is 7.02. The van der Waals surface area contributed by atoms with Crippen LogP contribution in [0.15, 0.2) is 21.3 Å². The van der Waals surface area contributed by atoms with Crippen molar-refractivity contribution in [3.63, 3.8) is 0 Å². The number of nitrogens with one attached hydrogen (secondary N) is 1. The van der Waals surface area contributed by atoms with Gasteiger partial charge in [0.1, 0.15) is 0 Å². The molecule has 1 aliphatic heterocycles. The van der Waals surface area contributed by atoms with Crippen molar-refractivity contribution >= 4 is 23.7 Å². The van der Waals surface area contributed by atoms with E-state index in [0.29, 0.717) is 5.89 Å². The summed E-state index contributed by atoms with van der Waals surface area (Å²) in [6, 6.07) is 2.31. The fraction of sp³-hybridized carbons (Fsp3) is 0.500. The van der Waals surface area contributed by atoms with Crippen molar-refractivity contribution in [2.45, 2.75) is 12.5 Å². The molecule has 0 amide bonds. The number of aromatic nitrogens is 2. The van der Waals surface area contributed by atoms with Gasteiger partial charge in [0.15, 0.2) is 5.82 Å². The Hall–Kier alpha value is -0.950. The number of rotatable bonds is 3. The van der Waals surface area contributed by atoms with Crippen molar-refractivity contribution in [3.8, 4) is 0 Å². The van der Waals surface area contributed by atoms with Gasteiger partial charge in [0.25, 0.3) is 0 Å². The van der Waals surface area contributed by atoms with E-state index in [9.17, 15) is 0 Å². The summed E-state index contributed by atoms with van der Waals surface area (Å²) in [6.07, 6.45) is 0.723. The van der Waals surface area contributed by atoms with Gasteiger partial charge in [-0.1, -0.05) is 5.16 Å². The fourth-order valence-corrected chi connectivity index (χ4v) is 2.81. The summed E-state index contributed by atoms with van der Waals surface area (Å²) >= 11 is 1.69. The molecule has 1 N–H and O–H groups in total. The zero-order valence-electron chi connectivity index (χ0n) is 10.7. The summed E-state index contributed by atoms with van der Waals surface area (Å²) in [5.74, 6) is 1.48. The van der Waals surface area contributed by atoms with Crippen LogP contribution in [0.1, 0.15) is 23.3 Å². The molecule has 0 aliphatic carbocycles. The standard InChI is InChI=1S/C12H16N4OS.ClH/c1-16-4-3-13-7-10(16)12-14-11(17-15-12)6-9-2-5-18-8-9;/h2,5,8,10,13H,3-4,6-7H2,1H3;1H. The van der Waals surface area contributed by atoms with Gasteiger partial charge in [-0.2, -0.15) is 16.3 Å². The average molecular weight is 301 g/mol. The summed E-state index contributed by atoms with van der Waals surface area (Å²) in [5, 5.41) is 11.6. The highest BCUT2D eigenvalue weighted by Gasteiger charge is 2.25. The van der Waals surface area contributed by atoms with Gasteiger partial charge in [0.2, 0.25) is 5.89 Å². The lowest BCUT2D eigenvalue weighted by molar-refractivity contribution is 0.190. The minimum atomic E-state index is 0. The average Bonchev–Trinajstić information content (AvgIpc) is 3.02. The molecule has 5 nitrogen and oxygen atoms in total. The molecule has 1 aliphatic rings. The topological polar surface area (TPSA) is 54.2 Å². The van der Waals surface area contributed by atoms with E-state index in [1.807, 2.05) is 0 Å². The quantitative estimate of drug-likeness (QED) is 0.935. The minimum Gasteiger partial charge on any atom is -0.339 e. The molecule has 2 aromatic heterocycles. The number of nitrogens with zero attached hydrogens (tertiary/aromatic N) is 3. The van der Waals surface area contributed by atoms with Gasteiger partial charge in [0, 0.05) is 19.6 Å². The predicted molar refractivity (Wildman–Crippen MR) is 76.9 cm³/mol. The molecule has 0 saturated carbocycles. The van der Waals surface area contributed by atoms with Gasteiger partial charge in [-0.25, -0.2) is 0 Å². The van der Waals surface area contributed by atoms with Gasteiger partial charge in [-0.05, 0) is 29.4 Å². The monoisotopic (exact) mass is 300 g/mol. The van der Waals surface area contributed by atoms with Crippen molar-refractivity contribution in [1.82, 2.24) is 20.4 Å². The van der Waals surface area contributed by atoms with E-state index in [2.05, 4.69) is 44.2 Å². The first-order chi connectivity index (χ1) is 8.83. The molecule has 3 heterocycles. The summed E-state index contributed by atoms with van der Waals surface area (Å²) in [7, 11) is 2.10. The molecule has 0 radical (unpaired) electrons. The van der Waals surface area contributed by atoms with E-state index in [-0.39, 0.29) is 18.4 Å². The fourth-order valence-electron chi connectivity index (χ4n) is 2.14. The van der Waals surface area contributed by atoms with Crippen molar-refractivity contribution in [2.24, 2.45) is 0 Å². The molecule has 2 aromatic rings. The minimum absolute atomic E-state index is 0. The lowest BCUT2D eigenvalue weighted by atomic mass is 10.2. The van der Waals surface area contributed by atoms with Crippen LogP contribution in [0.5, 0.6) is 0 Å². The maximum absolute atomic E-state index is 5.33. The largest absolute Gasteiger partial charge is 0.339 e. The molecule has 0 bridgehead atoms. The highest BCUT2D eigenvalue weighted by molar-refractivity contribution is 7.07. The number of likely N-dealkylation sites (N-methyl/N-ethyl adjacent to an activating group) is 1. The molecule has 7 heteroatoms. The normalized spacial score (nSPS) is 20.2. The van der Waals surface area contributed by atoms with E-state index in [1.54, 1.807) is 11.3 Å². The Bertz CT molecular complexity index is 502. The second-order valence-corrected chi connectivity index (χ2v) is 5.34. The van der Waals surface area contributed by atoms with Gasteiger partial charge >= 0.3 is 0 Å².